The molecule has 23 heavy (non-hydrogen) atoms. The molecule has 2 saturated carbocycles. The molecule has 2 aliphatic rings. The predicted molar refractivity (Wildman–Crippen MR) is 92.7 cm³/mol. The number of carbonyl (C=O) groups excluding carboxylic acids is 1. The maximum Gasteiger partial charge on any atom is 0.230 e. The highest BCUT2D eigenvalue weighted by molar-refractivity contribution is 7.99. The van der Waals surface area contributed by atoms with Crippen LogP contribution in [0.3, 0.4) is 0 Å². The monoisotopic (exact) mass is 348 g/mol. The van der Waals surface area contributed by atoms with Crippen molar-refractivity contribution >= 4 is 29.0 Å². The third kappa shape index (κ3) is 3.45. The number of aromatic nitrogens is 3. The smallest absolute Gasteiger partial charge is 0.230 e. The molecular formula is C16H20N4OS2. The van der Waals surface area contributed by atoms with Crippen molar-refractivity contribution in [2.45, 2.75) is 49.8 Å². The second-order valence-corrected chi connectivity index (χ2v) is 8.26. The Kier molecular flexibility index (Phi) is 4.15. The second kappa shape index (κ2) is 6.28. The van der Waals surface area contributed by atoms with E-state index in [2.05, 4.69) is 38.5 Å². The molecule has 2 aliphatic carbocycles. The van der Waals surface area contributed by atoms with Crippen LogP contribution in [0.5, 0.6) is 0 Å². The van der Waals surface area contributed by atoms with Crippen LogP contribution in [0.1, 0.15) is 38.6 Å². The molecule has 0 bridgehead atoms. The van der Waals surface area contributed by atoms with Crippen molar-refractivity contribution in [2.24, 2.45) is 5.92 Å². The topological polar surface area (TPSA) is 59.8 Å². The Morgan fingerprint density at radius 3 is 2.91 bits per heavy atom. The Hall–Kier alpha value is -1.34. The zero-order valence-electron chi connectivity index (χ0n) is 13.1. The fourth-order valence-electron chi connectivity index (χ4n) is 2.75. The minimum atomic E-state index is 0.0948. The van der Waals surface area contributed by atoms with Gasteiger partial charge in [-0.2, -0.15) is 0 Å². The number of nitrogens with zero attached hydrogens (tertiary/aromatic N) is 3. The SMILES string of the molecule is C[C@H](NC(=O)CSc1nnc(-c2cccs2)n1C1CC1)C1CC1. The summed E-state index contributed by atoms with van der Waals surface area (Å²) in [5.74, 6) is 2.13. The number of nitrogens with one attached hydrogen (secondary N) is 1. The van der Waals surface area contributed by atoms with Crippen molar-refractivity contribution < 1.29 is 4.79 Å². The maximum atomic E-state index is 12.1. The number of hydrogen-bond acceptors (Lipinski definition) is 5. The molecule has 0 unspecified atom stereocenters. The molecule has 2 heterocycles. The number of carbonyl (C=O) groups is 1. The van der Waals surface area contributed by atoms with E-state index in [1.165, 1.54) is 37.4 Å². The molecule has 7 heteroatoms. The second-order valence-electron chi connectivity index (χ2n) is 6.37. The van der Waals surface area contributed by atoms with Crippen LogP contribution in [0.25, 0.3) is 10.7 Å². The average molecular weight is 348 g/mol. The van der Waals surface area contributed by atoms with Crippen LogP contribution >= 0.6 is 23.1 Å². The summed E-state index contributed by atoms with van der Waals surface area (Å²) in [6.45, 7) is 2.10. The van der Waals surface area contributed by atoms with E-state index in [0.717, 1.165) is 15.9 Å². The highest BCUT2D eigenvalue weighted by Gasteiger charge is 2.31. The standard InChI is InChI=1S/C16H20N4OS2/c1-10(11-4-5-11)17-14(21)9-23-16-19-18-15(13-3-2-8-22-13)20(16)12-6-7-12/h2-3,8,10-12H,4-7,9H2,1H3,(H,17,21)/t10-/m0/s1. The summed E-state index contributed by atoms with van der Waals surface area (Å²) in [6, 6.07) is 4.90. The maximum absolute atomic E-state index is 12.1. The highest BCUT2D eigenvalue weighted by atomic mass is 32.2. The zero-order chi connectivity index (χ0) is 15.8. The van der Waals surface area contributed by atoms with Gasteiger partial charge in [-0.15, -0.1) is 21.5 Å². The minimum absolute atomic E-state index is 0.0948. The first-order valence-corrected chi connectivity index (χ1v) is 10.00. The summed E-state index contributed by atoms with van der Waals surface area (Å²) in [5.41, 5.74) is 0. The number of amides is 1. The van der Waals surface area contributed by atoms with Crippen LogP contribution in [0, 0.1) is 5.92 Å². The molecule has 0 radical (unpaired) electrons. The molecule has 2 fully saturated rings. The van der Waals surface area contributed by atoms with Crippen molar-refractivity contribution in [2.75, 3.05) is 5.75 Å². The quantitative estimate of drug-likeness (QED) is 0.780. The van der Waals surface area contributed by atoms with Gasteiger partial charge in [0.1, 0.15) is 0 Å². The van der Waals surface area contributed by atoms with Crippen LogP contribution in [0.2, 0.25) is 0 Å². The first-order valence-electron chi connectivity index (χ1n) is 8.13. The van der Waals surface area contributed by atoms with Crippen molar-refractivity contribution in [1.82, 2.24) is 20.1 Å². The predicted octanol–water partition coefficient (Wildman–Crippen LogP) is 3.35. The average Bonchev–Trinajstić information content (AvgIpc) is 3.46. The van der Waals surface area contributed by atoms with Crippen LogP contribution in [0.4, 0.5) is 0 Å². The third-order valence-electron chi connectivity index (χ3n) is 4.37. The molecular weight excluding hydrogens is 328 g/mol. The van der Waals surface area contributed by atoms with Gasteiger partial charge in [0.2, 0.25) is 5.91 Å². The lowest BCUT2D eigenvalue weighted by Gasteiger charge is -2.12. The molecule has 2 aromatic rings. The van der Waals surface area contributed by atoms with E-state index in [1.807, 2.05) is 6.07 Å². The lowest BCUT2D eigenvalue weighted by Crippen LogP contribution is -2.35. The van der Waals surface area contributed by atoms with Gasteiger partial charge in [0.05, 0.1) is 10.6 Å². The van der Waals surface area contributed by atoms with E-state index in [9.17, 15) is 4.79 Å². The van der Waals surface area contributed by atoms with Crippen LogP contribution in [-0.4, -0.2) is 32.5 Å². The summed E-state index contributed by atoms with van der Waals surface area (Å²) in [7, 11) is 0. The summed E-state index contributed by atoms with van der Waals surface area (Å²) in [6.07, 6.45) is 4.84. The van der Waals surface area contributed by atoms with Crippen molar-refractivity contribution in [3.05, 3.63) is 17.5 Å². The first-order chi connectivity index (χ1) is 11.2. The van der Waals surface area contributed by atoms with Gasteiger partial charge >= 0.3 is 0 Å². The number of hydrogen-bond donors (Lipinski definition) is 1. The van der Waals surface area contributed by atoms with Gasteiger partial charge in [0.25, 0.3) is 0 Å². The fraction of sp³-hybridized carbons (Fsp3) is 0.562. The Bertz CT molecular complexity index is 689. The summed E-state index contributed by atoms with van der Waals surface area (Å²) < 4.78 is 2.22. The van der Waals surface area contributed by atoms with Crippen molar-refractivity contribution in [3.63, 3.8) is 0 Å². The normalized spacial score (nSPS) is 18.8. The molecule has 122 valence electrons. The van der Waals surface area contributed by atoms with Crippen molar-refractivity contribution in [3.8, 4) is 10.7 Å². The number of thioether (sulfide) groups is 1. The minimum Gasteiger partial charge on any atom is -0.353 e. The largest absolute Gasteiger partial charge is 0.353 e. The molecule has 0 aromatic carbocycles. The Labute approximate surface area is 143 Å². The van der Waals surface area contributed by atoms with Gasteiger partial charge < -0.3 is 5.32 Å². The van der Waals surface area contributed by atoms with Gasteiger partial charge in [0.15, 0.2) is 11.0 Å². The van der Waals surface area contributed by atoms with Gasteiger partial charge in [-0.25, -0.2) is 0 Å². The van der Waals surface area contributed by atoms with Crippen LogP contribution in [-0.2, 0) is 4.79 Å². The van der Waals surface area contributed by atoms with Gasteiger partial charge in [-0.3, -0.25) is 9.36 Å². The van der Waals surface area contributed by atoms with Gasteiger partial charge in [-0.05, 0) is 50.0 Å². The molecule has 1 atom stereocenters. The van der Waals surface area contributed by atoms with E-state index in [4.69, 9.17) is 0 Å². The lowest BCUT2D eigenvalue weighted by atomic mass is 10.2. The van der Waals surface area contributed by atoms with E-state index in [1.54, 1.807) is 11.3 Å². The molecule has 2 aromatic heterocycles. The van der Waals surface area contributed by atoms with E-state index in [-0.39, 0.29) is 5.91 Å². The molecule has 1 amide bonds. The fourth-order valence-corrected chi connectivity index (χ4v) is 4.27. The van der Waals surface area contributed by atoms with E-state index < -0.39 is 0 Å². The summed E-state index contributed by atoms with van der Waals surface area (Å²) in [4.78, 5) is 13.2. The lowest BCUT2D eigenvalue weighted by molar-refractivity contribution is -0.119. The first kappa shape index (κ1) is 15.2. The molecule has 0 saturated heterocycles. The molecule has 5 nitrogen and oxygen atoms in total. The third-order valence-corrected chi connectivity index (χ3v) is 6.18. The Balaban J connectivity index is 1.43. The number of thiophene rings is 1. The highest BCUT2D eigenvalue weighted by Crippen LogP contribution is 2.41. The van der Waals surface area contributed by atoms with E-state index >= 15 is 0 Å². The summed E-state index contributed by atoms with van der Waals surface area (Å²) in [5, 5.41) is 14.7. The van der Waals surface area contributed by atoms with Gasteiger partial charge in [-0.1, -0.05) is 17.8 Å². The molecule has 0 aliphatic heterocycles. The molecule has 0 spiro atoms. The van der Waals surface area contributed by atoms with Gasteiger partial charge in [0, 0.05) is 12.1 Å². The molecule has 1 N–H and O–H groups in total. The van der Waals surface area contributed by atoms with E-state index in [0.29, 0.717) is 23.8 Å². The Morgan fingerprint density at radius 2 is 2.26 bits per heavy atom. The molecule has 4 rings (SSSR count). The van der Waals surface area contributed by atoms with Crippen molar-refractivity contribution in [1.29, 1.82) is 0 Å². The Morgan fingerprint density at radius 1 is 1.43 bits per heavy atom. The van der Waals surface area contributed by atoms with Crippen LogP contribution in [0.15, 0.2) is 22.7 Å². The number of rotatable bonds is 7. The van der Waals surface area contributed by atoms with Crippen LogP contribution < -0.4 is 5.32 Å². The zero-order valence-corrected chi connectivity index (χ0v) is 14.7. The summed E-state index contributed by atoms with van der Waals surface area (Å²) >= 11 is 3.18.